The molecule has 0 N–H and O–H groups in total. The molecule has 0 aliphatic heterocycles. The second-order valence-electron chi connectivity index (χ2n) is 2.36. The zero-order valence-electron chi connectivity index (χ0n) is 6.64. The Kier molecular flexibility index (Phi) is 3.26. The molecular formula is C8H8AsF3O. The van der Waals surface area contributed by atoms with Gasteiger partial charge < -0.3 is 0 Å². The van der Waals surface area contributed by atoms with Crippen molar-refractivity contribution in [2.24, 2.45) is 0 Å². The minimum atomic E-state index is -4.60. The summed E-state index contributed by atoms with van der Waals surface area (Å²) in [4.78, 5) is 0. The molecule has 0 radical (unpaired) electrons. The van der Waals surface area contributed by atoms with Crippen LogP contribution in [-0.2, 0) is 5.21 Å². The Morgan fingerprint density at radius 1 is 1.23 bits per heavy atom. The van der Waals surface area contributed by atoms with E-state index < -0.39 is 6.36 Å². The molecule has 13 heavy (non-hydrogen) atoms. The van der Waals surface area contributed by atoms with Gasteiger partial charge in [0.2, 0.25) is 0 Å². The van der Waals surface area contributed by atoms with E-state index in [2.05, 4.69) is 4.74 Å². The van der Waals surface area contributed by atoms with E-state index in [1.54, 1.807) is 12.1 Å². The van der Waals surface area contributed by atoms with E-state index in [1.807, 2.05) is 0 Å². The molecule has 0 amide bonds. The van der Waals surface area contributed by atoms with Gasteiger partial charge in [-0.2, -0.15) is 0 Å². The van der Waals surface area contributed by atoms with Gasteiger partial charge in [-0.05, 0) is 0 Å². The first-order chi connectivity index (χ1) is 6.03. The number of halogens is 3. The van der Waals surface area contributed by atoms with Crippen LogP contribution in [0.1, 0.15) is 5.56 Å². The Bertz CT molecular complexity index is 285. The maximum absolute atomic E-state index is 11.8. The molecule has 1 nitrogen and oxygen atoms in total. The van der Waals surface area contributed by atoms with Crippen LogP contribution in [0.3, 0.4) is 0 Å². The van der Waals surface area contributed by atoms with E-state index >= 15 is 0 Å². The van der Waals surface area contributed by atoms with Crippen LogP contribution >= 0.6 is 0 Å². The summed E-state index contributed by atoms with van der Waals surface area (Å²) in [6, 6.07) is 6.16. The predicted octanol–water partition coefficient (Wildman–Crippen LogP) is 1.72. The Morgan fingerprint density at radius 2 is 1.85 bits per heavy atom. The first-order valence-electron chi connectivity index (χ1n) is 3.56. The molecule has 1 rings (SSSR count). The fourth-order valence-corrected chi connectivity index (χ4v) is 1.60. The number of para-hydroxylation sites is 1. The summed E-state index contributed by atoms with van der Waals surface area (Å²) in [7, 11) is 0. The third-order valence-electron chi connectivity index (χ3n) is 1.42. The molecule has 0 aromatic heterocycles. The van der Waals surface area contributed by atoms with Crippen molar-refractivity contribution >= 4 is 16.9 Å². The van der Waals surface area contributed by atoms with Crippen molar-refractivity contribution in [3.05, 3.63) is 29.8 Å². The van der Waals surface area contributed by atoms with Crippen molar-refractivity contribution in [1.82, 2.24) is 0 Å². The number of hydrogen-bond acceptors (Lipinski definition) is 1. The van der Waals surface area contributed by atoms with E-state index in [4.69, 9.17) is 0 Å². The molecule has 0 aliphatic carbocycles. The van der Waals surface area contributed by atoms with E-state index in [0.29, 0.717) is 10.8 Å². The topological polar surface area (TPSA) is 9.23 Å². The molecule has 0 saturated heterocycles. The summed E-state index contributed by atoms with van der Waals surface area (Å²) < 4.78 is 39.4. The van der Waals surface area contributed by atoms with Crippen LogP contribution < -0.4 is 4.74 Å². The Hall–Kier alpha value is -0.632. The molecule has 0 spiro atoms. The van der Waals surface area contributed by atoms with Crippen molar-refractivity contribution in [2.75, 3.05) is 0 Å². The zero-order valence-corrected chi connectivity index (χ0v) is 9.06. The van der Waals surface area contributed by atoms with Gasteiger partial charge in [-0.15, -0.1) is 0 Å². The Morgan fingerprint density at radius 3 is 2.38 bits per heavy atom. The molecular weight excluding hydrogens is 244 g/mol. The standard InChI is InChI=1S/C8H8AsF3O/c9-5-6-3-1-2-4-7(6)13-8(10,11)12/h1-4H,5,9H2. The fourth-order valence-electron chi connectivity index (χ4n) is 0.897. The van der Waals surface area contributed by atoms with Crippen LogP contribution in [-0.4, -0.2) is 23.2 Å². The van der Waals surface area contributed by atoms with Crippen LogP contribution in [0, 0.1) is 0 Å². The van der Waals surface area contributed by atoms with Gasteiger partial charge in [-0.25, -0.2) is 0 Å². The van der Waals surface area contributed by atoms with Gasteiger partial charge in [0.1, 0.15) is 0 Å². The van der Waals surface area contributed by atoms with Crippen LogP contribution in [0.15, 0.2) is 24.3 Å². The van der Waals surface area contributed by atoms with Crippen molar-refractivity contribution < 1.29 is 17.9 Å². The van der Waals surface area contributed by atoms with Crippen molar-refractivity contribution in [1.29, 1.82) is 0 Å². The zero-order chi connectivity index (χ0) is 9.90. The average molecular weight is 252 g/mol. The van der Waals surface area contributed by atoms with Gasteiger partial charge in [-0.3, -0.25) is 0 Å². The molecule has 0 aliphatic rings. The second-order valence-corrected chi connectivity index (χ2v) is 3.22. The third kappa shape index (κ3) is 3.31. The summed E-state index contributed by atoms with van der Waals surface area (Å²) in [5.74, 6) is -0.0978. The molecule has 0 saturated carbocycles. The molecule has 1 aromatic carbocycles. The van der Waals surface area contributed by atoms with E-state index in [-0.39, 0.29) is 5.75 Å². The van der Waals surface area contributed by atoms with Crippen molar-refractivity contribution in [3.63, 3.8) is 0 Å². The molecule has 5 heteroatoms. The second kappa shape index (κ2) is 4.05. The molecule has 72 valence electrons. The molecule has 1 atom stereocenters. The number of ether oxygens (including phenoxy) is 1. The Balaban J connectivity index is 2.87. The van der Waals surface area contributed by atoms with E-state index in [9.17, 15) is 13.2 Å². The molecule has 1 aromatic rings. The SMILES string of the molecule is FC(F)(F)Oc1ccccc1C[AsH2]. The molecule has 1 unspecified atom stereocenters. The van der Waals surface area contributed by atoms with Crippen molar-refractivity contribution in [3.8, 4) is 5.75 Å². The van der Waals surface area contributed by atoms with E-state index in [0.717, 1.165) is 0 Å². The van der Waals surface area contributed by atoms with Gasteiger partial charge in [0, 0.05) is 0 Å². The molecule has 0 bridgehead atoms. The minimum absolute atomic E-state index is 0.0978. The van der Waals surface area contributed by atoms with Gasteiger partial charge in [0.15, 0.2) is 0 Å². The van der Waals surface area contributed by atoms with Gasteiger partial charge in [-0.1, -0.05) is 0 Å². The molecule has 0 heterocycles. The summed E-state index contributed by atoms with van der Waals surface area (Å²) >= 11 is 1.35. The quantitative estimate of drug-likeness (QED) is 0.728. The van der Waals surface area contributed by atoms with Crippen LogP contribution in [0.4, 0.5) is 13.2 Å². The van der Waals surface area contributed by atoms with Gasteiger partial charge >= 0.3 is 81.9 Å². The summed E-state index contributed by atoms with van der Waals surface area (Å²) in [6.45, 7) is 0. The third-order valence-corrected chi connectivity index (χ3v) is 2.34. The van der Waals surface area contributed by atoms with Crippen molar-refractivity contribution in [2.45, 2.75) is 11.6 Å². The van der Waals surface area contributed by atoms with Crippen LogP contribution in [0.5, 0.6) is 5.75 Å². The summed E-state index contributed by atoms with van der Waals surface area (Å²) in [5.41, 5.74) is 0.583. The van der Waals surface area contributed by atoms with Gasteiger partial charge in [0.25, 0.3) is 0 Å². The van der Waals surface area contributed by atoms with Crippen LogP contribution in [0.25, 0.3) is 0 Å². The summed E-state index contributed by atoms with van der Waals surface area (Å²) in [5, 5.41) is 0.583. The number of alkyl halides is 3. The maximum atomic E-state index is 11.8. The normalized spacial score (nSPS) is 11.4. The van der Waals surface area contributed by atoms with Crippen LogP contribution in [0.2, 0.25) is 0 Å². The summed E-state index contributed by atoms with van der Waals surface area (Å²) in [6.07, 6.45) is -4.60. The first-order valence-corrected chi connectivity index (χ1v) is 5.28. The fraction of sp³-hybridized carbons (Fsp3) is 0.250. The number of benzene rings is 1. The number of rotatable bonds is 2. The predicted molar refractivity (Wildman–Crippen MR) is 45.4 cm³/mol. The first kappa shape index (κ1) is 10.4. The van der Waals surface area contributed by atoms with Gasteiger partial charge in [0.05, 0.1) is 0 Å². The van der Waals surface area contributed by atoms with E-state index in [1.165, 1.54) is 29.0 Å². The average Bonchev–Trinajstić information content (AvgIpc) is 2.02. The number of hydrogen-bond donors (Lipinski definition) is 0. The monoisotopic (exact) mass is 252 g/mol. The molecule has 0 fully saturated rings. The Labute approximate surface area is 82.4 Å².